The van der Waals surface area contributed by atoms with Crippen molar-refractivity contribution in [3.05, 3.63) is 12.5 Å². The summed E-state index contributed by atoms with van der Waals surface area (Å²) in [7, 11) is 0. The van der Waals surface area contributed by atoms with Gasteiger partial charge >= 0.3 is 5.97 Å². The number of rotatable bonds is 1. The number of ether oxygens (including phenoxy) is 1. The van der Waals surface area contributed by atoms with Crippen LogP contribution in [0, 0.1) is 0 Å². The molecular weight excluding hydrogens is 156 g/mol. The molecule has 0 aliphatic carbocycles. The molecule has 1 aromatic rings. The molecule has 1 rings (SSSR count). The Morgan fingerprint density at radius 3 is 2.90 bits per heavy atom. The van der Waals surface area contributed by atoms with Gasteiger partial charge in [0.1, 0.15) is 0 Å². The Balaban J connectivity index is 0.000000810. The number of H-pyrrole nitrogens is 1. The van der Waals surface area contributed by atoms with Crippen molar-refractivity contribution in [2.24, 2.45) is 0 Å². The van der Waals surface area contributed by atoms with Gasteiger partial charge in [-0.15, -0.1) is 12.4 Å². The molecule has 0 saturated carbocycles. The number of hydrogen-bond acceptors (Lipinski definition) is 3. The highest BCUT2D eigenvalue weighted by Crippen LogP contribution is 2.00. The first-order valence-electron chi connectivity index (χ1n) is 2.46. The first-order valence-corrected chi connectivity index (χ1v) is 2.46. The van der Waals surface area contributed by atoms with E-state index < -0.39 is 0 Å². The Labute approximate surface area is 64.0 Å². The number of hydrogen-bond donors (Lipinski definition) is 1. The molecule has 0 aromatic carbocycles. The van der Waals surface area contributed by atoms with Gasteiger partial charge in [-0.2, -0.15) is 0 Å². The second kappa shape index (κ2) is 3.90. The summed E-state index contributed by atoms with van der Waals surface area (Å²) >= 11 is 0. The molecule has 1 N–H and O–H groups in total. The van der Waals surface area contributed by atoms with Crippen molar-refractivity contribution in [1.29, 1.82) is 0 Å². The second-order valence-electron chi connectivity index (χ2n) is 1.50. The van der Waals surface area contributed by atoms with Gasteiger partial charge in [0, 0.05) is 6.92 Å². The van der Waals surface area contributed by atoms with Crippen LogP contribution >= 0.6 is 12.4 Å². The van der Waals surface area contributed by atoms with E-state index in [1.165, 1.54) is 19.4 Å². The van der Waals surface area contributed by atoms with Gasteiger partial charge in [0.15, 0.2) is 0 Å². The zero-order valence-corrected chi connectivity index (χ0v) is 6.14. The molecule has 0 fully saturated rings. The van der Waals surface area contributed by atoms with Crippen LogP contribution in [0.5, 0.6) is 5.88 Å². The molecule has 0 atom stereocenters. The highest BCUT2D eigenvalue weighted by atomic mass is 35.5. The number of aromatic nitrogens is 2. The molecule has 0 aliphatic heterocycles. The van der Waals surface area contributed by atoms with Gasteiger partial charge < -0.3 is 9.72 Å². The third-order valence-electron chi connectivity index (χ3n) is 0.721. The predicted octanol–water partition coefficient (Wildman–Crippen LogP) is 0.757. The molecule has 56 valence electrons. The third-order valence-corrected chi connectivity index (χ3v) is 0.721. The first kappa shape index (κ1) is 8.97. The van der Waals surface area contributed by atoms with E-state index in [-0.39, 0.29) is 18.4 Å². The van der Waals surface area contributed by atoms with E-state index in [2.05, 4.69) is 14.7 Å². The lowest BCUT2D eigenvalue weighted by Crippen LogP contribution is -2.00. The van der Waals surface area contributed by atoms with E-state index in [0.717, 1.165) is 0 Å². The molecule has 0 amide bonds. The monoisotopic (exact) mass is 162 g/mol. The first-order chi connectivity index (χ1) is 4.29. The average Bonchev–Trinajstić information content (AvgIpc) is 2.15. The van der Waals surface area contributed by atoms with Crippen LogP contribution in [-0.4, -0.2) is 15.9 Å². The minimum absolute atomic E-state index is 0. The number of nitrogens with zero attached hydrogens (tertiary/aromatic N) is 1. The van der Waals surface area contributed by atoms with Crippen LogP contribution in [0.15, 0.2) is 12.5 Å². The Kier molecular flexibility index (Phi) is 3.49. The Hall–Kier alpha value is -1.03. The Bertz CT molecular complexity index is 197. The number of aromatic amines is 1. The third kappa shape index (κ3) is 2.50. The fraction of sp³-hybridized carbons (Fsp3) is 0.200. The summed E-state index contributed by atoms with van der Waals surface area (Å²) in [4.78, 5) is 16.5. The van der Waals surface area contributed by atoms with Gasteiger partial charge in [-0.05, 0) is 0 Å². The summed E-state index contributed by atoms with van der Waals surface area (Å²) in [5, 5.41) is 0. The van der Waals surface area contributed by atoms with E-state index in [1.807, 2.05) is 0 Å². The number of imidazole rings is 1. The molecular formula is C5H7ClN2O2. The molecule has 0 unspecified atom stereocenters. The van der Waals surface area contributed by atoms with Crippen molar-refractivity contribution in [2.45, 2.75) is 6.92 Å². The standard InChI is InChI=1S/C5H6N2O2.ClH/c1-4(8)9-5-2-6-3-7-5;/h2-3H,1H3,(H,6,7);1H. The zero-order chi connectivity index (χ0) is 6.69. The van der Waals surface area contributed by atoms with E-state index in [9.17, 15) is 4.79 Å². The lowest BCUT2D eigenvalue weighted by Gasteiger charge is -1.90. The topological polar surface area (TPSA) is 55.0 Å². The zero-order valence-electron chi connectivity index (χ0n) is 5.33. The molecule has 10 heavy (non-hydrogen) atoms. The minimum Gasteiger partial charge on any atom is -0.406 e. The lowest BCUT2D eigenvalue weighted by atomic mass is 10.8. The van der Waals surface area contributed by atoms with Gasteiger partial charge in [-0.25, -0.2) is 4.98 Å². The molecule has 0 saturated heterocycles. The van der Waals surface area contributed by atoms with Crippen molar-refractivity contribution in [2.75, 3.05) is 0 Å². The largest absolute Gasteiger partial charge is 0.406 e. The molecule has 1 aromatic heterocycles. The molecule has 0 radical (unpaired) electrons. The summed E-state index contributed by atoms with van der Waals surface area (Å²) in [5.74, 6) is -0.0513. The van der Waals surface area contributed by atoms with Crippen LogP contribution in [0.3, 0.4) is 0 Å². The van der Waals surface area contributed by atoms with Gasteiger partial charge in [0.25, 0.3) is 0 Å². The molecule has 4 nitrogen and oxygen atoms in total. The van der Waals surface area contributed by atoms with Crippen molar-refractivity contribution < 1.29 is 9.53 Å². The maximum atomic E-state index is 10.2. The van der Waals surface area contributed by atoms with Crippen LogP contribution in [0.2, 0.25) is 0 Å². The van der Waals surface area contributed by atoms with Gasteiger partial charge in [-0.1, -0.05) is 0 Å². The molecule has 5 heteroatoms. The Morgan fingerprint density at radius 1 is 1.80 bits per heavy atom. The van der Waals surface area contributed by atoms with Crippen LogP contribution in [0.1, 0.15) is 6.92 Å². The number of esters is 1. The van der Waals surface area contributed by atoms with Crippen molar-refractivity contribution in [3.63, 3.8) is 0 Å². The Morgan fingerprint density at radius 2 is 2.50 bits per heavy atom. The van der Waals surface area contributed by atoms with Crippen LogP contribution in [-0.2, 0) is 4.79 Å². The van der Waals surface area contributed by atoms with Gasteiger partial charge in [0.05, 0.1) is 12.5 Å². The normalized spacial score (nSPS) is 8.10. The number of nitrogens with one attached hydrogen (secondary N) is 1. The van der Waals surface area contributed by atoms with E-state index in [4.69, 9.17) is 0 Å². The maximum Gasteiger partial charge on any atom is 0.309 e. The SMILES string of the molecule is CC(=O)Oc1c[nH]cn1.Cl. The fourth-order valence-corrected chi connectivity index (χ4v) is 0.450. The van der Waals surface area contributed by atoms with E-state index in [1.54, 1.807) is 0 Å². The predicted molar refractivity (Wildman–Crippen MR) is 37.1 cm³/mol. The van der Waals surface area contributed by atoms with Crippen molar-refractivity contribution in [1.82, 2.24) is 9.97 Å². The number of halogens is 1. The summed E-state index contributed by atoms with van der Waals surface area (Å²) in [6.45, 7) is 1.33. The number of carbonyl (C=O) groups excluding carboxylic acids is 1. The minimum atomic E-state index is -0.359. The second-order valence-corrected chi connectivity index (χ2v) is 1.50. The summed E-state index contributed by atoms with van der Waals surface area (Å²) in [6, 6.07) is 0. The van der Waals surface area contributed by atoms with Crippen molar-refractivity contribution in [3.8, 4) is 5.88 Å². The molecule has 1 heterocycles. The maximum absolute atomic E-state index is 10.2. The summed E-state index contributed by atoms with van der Waals surface area (Å²) in [5.41, 5.74) is 0. The highest BCUT2D eigenvalue weighted by molar-refractivity contribution is 5.85. The van der Waals surface area contributed by atoms with E-state index >= 15 is 0 Å². The molecule has 0 bridgehead atoms. The van der Waals surface area contributed by atoms with Crippen LogP contribution < -0.4 is 4.74 Å². The van der Waals surface area contributed by atoms with Crippen LogP contribution in [0.4, 0.5) is 0 Å². The van der Waals surface area contributed by atoms with E-state index in [0.29, 0.717) is 5.88 Å². The van der Waals surface area contributed by atoms with Gasteiger partial charge in [-0.3, -0.25) is 4.79 Å². The molecule has 0 spiro atoms. The summed E-state index contributed by atoms with van der Waals surface area (Å²) in [6.07, 6.45) is 2.94. The lowest BCUT2D eigenvalue weighted by molar-refractivity contribution is -0.132. The number of carbonyl (C=O) groups is 1. The van der Waals surface area contributed by atoms with Crippen molar-refractivity contribution >= 4 is 18.4 Å². The average molecular weight is 163 g/mol. The summed E-state index contributed by atoms with van der Waals surface area (Å²) < 4.78 is 4.57. The van der Waals surface area contributed by atoms with Gasteiger partial charge in [0.2, 0.25) is 5.88 Å². The van der Waals surface area contributed by atoms with Crippen LogP contribution in [0.25, 0.3) is 0 Å². The highest BCUT2D eigenvalue weighted by Gasteiger charge is 1.96. The molecule has 0 aliphatic rings. The fourth-order valence-electron chi connectivity index (χ4n) is 0.450. The smallest absolute Gasteiger partial charge is 0.309 e. The quantitative estimate of drug-likeness (QED) is 0.621.